The smallest absolute Gasteiger partial charge is 0.338 e. The summed E-state index contributed by atoms with van der Waals surface area (Å²) in [6.45, 7) is 5.81. The maximum Gasteiger partial charge on any atom is 0.338 e. The molecule has 0 radical (unpaired) electrons. The van der Waals surface area contributed by atoms with Crippen molar-refractivity contribution in [1.82, 2.24) is 10.6 Å². The first-order valence-corrected chi connectivity index (χ1v) is 9.83. The number of anilines is 1. The van der Waals surface area contributed by atoms with E-state index in [2.05, 4.69) is 16.0 Å². The van der Waals surface area contributed by atoms with Gasteiger partial charge in [0.15, 0.2) is 0 Å². The van der Waals surface area contributed by atoms with Gasteiger partial charge in [0.25, 0.3) is 5.69 Å². The number of non-ortho nitro benzene ring substituents is 1. The fourth-order valence-electron chi connectivity index (χ4n) is 3.43. The molecule has 3 N–H and O–H groups in total. The SMILES string of the molecule is CCOC(=O)C1=C(CNc2cccc([N+](=O)[O-])c2)NC(=O)N[C@@H]1c1cc(C)ccc1C. The number of urea groups is 1. The van der Waals surface area contributed by atoms with Crippen molar-refractivity contribution < 1.29 is 19.2 Å². The lowest BCUT2D eigenvalue weighted by Gasteiger charge is -2.30. The maximum absolute atomic E-state index is 12.9. The summed E-state index contributed by atoms with van der Waals surface area (Å²) in [5.74, 6) is -0.545. The van der Waals surface area contributed by atoms with Crippen LogP contribution in [-0.4, -0.2) is 30.1 Å². The number of aryl methyl sites for hydroxylation is 2. The number of nitrogens with zero attached hydrogens (tertiary/aromatic N) is 1. The number of hydrogen-bond donors (Lipinski definition) is 3. The van der Waals surface area contributed by atoms with Crippen LogP contribution in [0.4, 0.5) is 16.2 Å². The van der Waals surface area contributed by atoms with Crippen LogP contribution in [0.25, 0.3) is 0 Å². The molecule has 3 rings (SSSR count). The molecule has 0 fully saturated rings. The highest BCUT2D eigenvalue weighted by molar-refractivity contribution is 5.95. The molecular weight excluding hydrogens is 400 g/mol. The van der Waals surface area contributed by atoms with Gasteiger partial charge in [-0.25, -0.2) is 9.59 Å². The van der Waals surface area contributed by atoms with E-state index >= 15 is 0 Å². The molecule has 0 aromatic heterocycles. The van der Waals surface area contributed by atoms with Crippen molar-refractivity contribution in [2.75, 3.05) is 18.5 Å². The minimum absolute atomic E-state index is 0.0628. The van der Waals surface area contributed by atoms with Gasteiger partial charge < -0.3 is 20.7 Å². The lowest BCUT2D eigenvalue weighted by Crippen LogP contribution is -2.47. The number of nitro groups is 1. The number of rotatable bonds is 7. The molecule has 1 aliphatic rings. The Balaban J connectivity index is 2.00. The third kappa shape index (κ3) is 5.00. The number of ether oxygens (including phenoxy) is 1. The molecule has 0 aliphatic carbocycles. The van der Waals surface area contributed by atoms with Gasteiger partial charge in [-0.1, -0.05) is 29.8 Å². The van der Waals surface area contributed by atoms with Crippen LogP contribution < -0.4 is 16.0 Å². The summed E-state index contributed by atoms with van der Waals surface area (Å²) in [6.07, 6.45) is 0. The number of nitro benzene ring substituents is 1. The monoisotopic (exact) mass is 424 g/mol. The zero-order valence-corrected chi connectivity index (χ0v) is 17.5. The van der Waals surface area contributed by atoms with Crippen molar-refractivity contribution >= 4 is 23.4 Å². The van der Waals surface area contributed by atoms with Gasteiger partial charge in [0, 0.05) is 17.8 Å². The summed E-state index contributed by atoms with van der Waals surface area (Å²) in [4.78, 5) is 35.8. The van der Waals surface area contributed by atoms with E-state index in [-0.39, 0.29) is 24.4 Å². The van der Waals surface area contributed by atoms with E-state index in [0.29, 0.717) is 11.4 Å². The third-order valence-electron chi connectivity index (χ3n) is 4.92. The molecule has 2 aromatic carbocycles. The Morgan fingerprint density at radius 3 is 2.71 bits per heavy atom. The van der Waals surface area contributed by atoms with Crippen molar-refractivity contribution in [3.05, 3.63) is 80.5 Å². The van der Waals surface area contributed by atoms with E-state index in [4.69, 9.17) is 4.74 Å². The summed E-state index contributed by atoms with van der Waals surface area (Å²) in [7, 11) is 0. The Kier molecular flexibility index (Phi) is 6.54. The third-order valence-corrected chi connectivity index (χ3v) is 4.92. The van der Waals surface area contributed by atoms with Crippen LogP contribution in [0.5, 0.6) is 0 Å². The first-order valence-electron chi connectivity index (χ1n) is 9.83. The van der Waals surface area contributed by atoms with E-state index in [0.717, 1.165) is 16.7 Å². The average molecular weight is 424 g/mol. The predicted molar refractivity (Wildman–Crippen MR) is 116 cm³/mol. The van der Waals surface area contributed by atoms with Crippen molar-refractivity contribution in [2.24, 2.45) is 0 Å². The number of esters is 1. The normalized spacial score (nSPS) is 15.7. The second-order valence-corrected chi connectivity index (χ2v) is 7.17. The molecule has 2 aromatic rings. The van der Waals surface area contributed by atoms with E-state index < -0.39 is 23.0 Å². The van der Waals surface area contributed by atoms with Crippen molar-refractivity contribution in [1.29, 1.82) is 0 Å². The molecule has 162 valence electrons. The Hall–Kier alpha value is -3.88. The second-order valence-electron chi connectivity index (χ2n) is 7.17. The molecule has 2 amide bonds. The summed E-state index contributed by atoms with van der Waals surface area (Å²) in [5.41, 5.74) is 3.77. The number of carbonyl (C=O) groups is 2. The van der Waals surface area contributed by atoms with Gasteiger partial charge >= 0.3 is 12.0 Å². The second kappa shape index (κ2) is 9.29. The molecule has 0 unspecified atom stereocenters. The Morgan fingerprint density at radius 2 is 2.00 bits per heavy atom. The molecule has 1 aliphatic heterocycles. The molecule has 0 saturated carbocycles. The van der Waals surface area contributed by atoms with E-state index in [9.17, 15) is 19.7 Å². The number of nitrogens with one attached hydrogen (secondary N) is 3. The molecule has 1 atom stereocenters. The molecule has 1 heterocycles. The minimum atomic E-state index is -0.686. The van der Waals surface area contributed by atoms with Gasteiger partial charge in [-0.05, 0) is 38.0 Å². The van der Waals surface area contributed by atoms with Gasteiger partial charge in [0.2, 0.25) is 0 Å². The zero-order valence-electron chi connectivity index (χ0n) is 17.5. The van der Waals surface area contributed by atoms with E-state index in [1.54, 1.807) is 19.1 Å². The van der Waals surface area contributed by atoms with Crippen LogP contribution in [0.1, 0.15) is 29.7 Å². The highest BCUT2D eigenvalue weighted by atomic mass is 16.6. The van der Waals surface area contributed by atoms with Crippen LogP contribution in [0.15, 0.2) is 53.7 Å². The lowest BCUT2D eigenvalue weighted by atomic mass is 9.91. The molecule has 0 spiro atoms. The zero-order chi connectivity index (χ0) is 22.5. The largest absolute Gasteiger partial charge is 0.463 e. The van der Waals surface area contributed by atoms with Crippen LogP contribution in [0, 0.1) is 24.0 Å². The van der Waals surface area contributed by atoms with E-state index in [1.807, 2.05) is 32.0 Å². The topological polar surface area (TPSA) is 123 Å². The number of amides is 2. The average Bonchev–Trinajstić information content (AvgIpc) is 2.73. The Labute approximate surface area is 179 Å². The first kappa shape index (κ1) is 21.8. The minimum Gasteiger partial charge on any atom is -0.463 e. The molecule has 31 heavy (non-hydrogen) atoms. The number of carbonyl (C=O) groups excluding carboxylic acids is 2. The summed E-state index contributed by atoms with van der Waals surface area (Å²) >= 11 is 0. The van der Waals surface area contributed by atoms with Crippen LogP contribution in [-0.2, 0) is 9.53 Å². The van der Waals surface area contributed by atoms with Gasteiger partial charge in [-0.3, -0.25) is 10.1 Å². The quantitative estimate of drug-likeness (QED) is 0.355. The maximum atomic E-state index is 12.9. The molecule has 9 heteroatoms. The van der Waals surface area contributed by atoms with Crippen LogP contribution >= 0.6 is 0 Å². The summed E-state index contributed by atoms with van der Waals surface area (Å²) in [6, 6.07) is 10.7. The van der Waals surface area contributed by atoms with Crippen molar-refractivity contribution in [3.63, 3.8) is 0 Å². The summed E-state index contributed by atoms with van der Waals surface area (Å²) in [5, 5.41) is 19.6. The number of benzene rings is 2. The van der Waals surface area contributed by atoms with Gasteiger partial charge in [-0.15, -0.1) is 0 Å². The summed E-state index contributed by atoms with van der Waals surface area (Å²) < 4.78 is 5.27. The van der Waals surface area contributed by atoms with Gasteiger partial charge in [0.1, 0.15) is 0 Å². The van der Waals surface area contributed by atoms with Crippen molar-refractivity contribution in [2.45, 2.75) is 26.8 Å². The fourth-order valence-corrected chi connectivity index (χ4v) is 3.43. The van der Waals surface area contributed by atoms with Crippen LogP contribution in [0.2, 0.25) is 0 Å². The van der Waals surface area contributed by atoms with Crippen molar-refractivity contribution in [3.8, 4) is 0 Å². The highest BCUT2D eigenvalue weighted by Crippen LogP contribution is 2.31. The highest BCUT2D eigenvalue weighted by Gasteiger charge is 2.34. The molecule has 0 bridgehead atoms. The Morgan fingerprint density at radius 1 is 1.23 bits per heavy atom. The predicted octanol–water partition coefficient (Wildman–Crippen LogP) is 3.49. The van der Waals surface area contributed by atoms with Gasteiger partial charge in [-0.2, -0.15) is 0 Å². The fraction of sp³-hybridized carbons (Fsp3) is 0.273. The first-order chi connectivity index (χ1) is 14.8. The standard InChI is InChI=1S/C22H24N4O5/c1-4-31-21(27)19-18(12-23-15-6-5-7-16(11-15)26(29)30)24-22(28)25-20(19)17-10-13(2)8-9-14(17)3/h5-11,20,23H,4,12H2,1-3H3,(H2,24,25,28)/t20-/m1/s1. The van der Waals surface area contributed by atoms with E-state index in [1.165, 1.54) is 12.1 Å². The molecular formula is C22H24N4O5. The number of hydrogen-bond acceptors (Lipinski definition) is 6. The molecule has 0 saturated heterocycles. The lowest BCUT2D eigenvalue weighted by molar-refractivity contribution is -0.384. The van der Waals surface area contributed by atoms with Crippen LogP contribution in [0.3, 0.4) is 0 Å². The Bertz CT molecular complexity index is 1060. The van der Waals surface area contributed by atoms with Gasteiger partial charge in [0.05, 0.1) is 35.4 Å². The molecule has 9 nitrogen and oxygen atoms in total.